The second kappa shape index (κ2) is 4.35. The van der Waals surface area contributed by atoms with E-state index in [1.165, 1.54) is 6.07 Å². The van der Waals surface area contributed by atoms with Crippen LogP contribution >= 0.6 is 15.9 Å². The summed E-state index contributed by atoms with van der Waals surface area (Å²) in [5.41, 5.74) is 8.69. The van der Waals surface area contributed by atoms with Crippen LogP contribution in [0.15, 0.2) is 39.2 Å². The van der Waals surface area contributed by atoms with Gasteiger partial charge in [0.15, 0.2) is 5.58 Å². The van der Waals surface area contributed by atoms with E-state index in [0.717, 1.165) is 4.47 Å². The van der Waals surface area contributed by atoms with Gasteiger partial charge in [0.05, 0.1) is 5.69 Å². The maximum atomic E-state index is 13.6. The first-order valence-corrected chi connectivity index (χ1v) is 6.46. The molecule has 0 fully saturated rings. The third-order valence-electron chi connectivity index (χ3n) is 2.90. The van der Waals surface area contributed by atoms with Crippen molar-refractivity contribution in [1.29, 1.82) is 0 Å². The number of aryl methyl sites for hydroxylation is 1. The van der Waals surface area contributed by atoms with E-state index >= 15 is 0 Å². The monoisotopic (exact) mass is 320 g/mol. The van der Waals surface area contributed by atoms with Crippen molar-refractivity contribution < 1.29 is 8.81 Å². The summed E-state index contributed by atoms with van der Waals surface area (Å²) in [6.45, 7) is 1.71. The molecule has 0 radical (unpaired) electrons. The molecule has 19 heavy (non-hydrogen) atoms. The molecule has 96 valence electrons. The smallest absolute Gasteiger partial charge is 0.227 e. The van der Waals surface area contributed by atoms with Gasteiger partial charge in [0.1, 0.15) is 11.3 Å². The molecule has 0 amide bonds. The van der Waals surface area contributed by atoms with Crippen LogP contribution < -0.4 is 5.73 Å². The molecule has 0 spiro atoms. The molecular formula is C14H10BrFN2O. The first-order valence-electron chi connectivity index (χ1n) is 5.66. The molecular weight excluding hydrogens is 311 g/mol. The molecule has 1 aromatic heterocycles. The SMILES string of the molecule is Cc1ccc(-c2nc3cc(Br)cc(N)c3o2)cc1F. The molecule has 0 saturated heterocycles. The van der Waals surface area contributed by atoms with Crippen molar-refractivity contribution in [3.63, 3.8) is 0 Å². The topological polar surface area (TPSA) is 52.0 Å². The van der Waals surface area contributed by atoms with Crippen LogP contribution in [0.4, 0.5) is 10.1 Å². The predicted molar refractivity (Wildman–Crippen MR) is 76.3 cm³/mol. The van der Waals surface area contributed by atoms with Crippen LogP contribution in [0.5, 0.6) is 0 Å². The molecule has 3 nitrogen and oxygen atoms in total. The molecule has 3 aromatic rings. The highest BCUT2D eigenvalue weighted by Crippen LogP contribution is 2.31. The van der Waals surface area contributed by atoms with Crippen molar-refractivity contribution in [3.8, 4) is 11.5 Å². The Hall–Kier alpha value is -1.88. The van der Waals surface area contributed by atoms with Crippen LogP contribution in [-0.4, -0.2) is 4.98 Å². The number of benzene rings is 2. The summed E-state index contributed by atoms with van der Waals surface area (Å²) in [6, 6.07) is 8.43. The van der Waals surface area contributed by atoms with Gasteiger partial charge in [-0.3, -0.25) is 0 Å². The van der Waals surface area contributed by atoms with Crippen molar-refractivity contribution in [1.82, 2.24) is 4.98 Å². The fraction of sp³-hybridized carbons (Fsp3) is 0.0714. The first-order chi connectivity index (χ1) is 9.04. The van der Waals surface area contributed by atoms with Gasteiger partial charge in [0, 0.05) is 10.0 Å². The lowest BCUT2D eigenvalue weighted by Crippen LogP contribution is -1.84. The third kappa shape index (κ3) is 2.10. The highest BCUT2D eigenvalue weighted by atomic mass is 79.9. The van der Waals surface area contributed by atoms with Crippen LogP contribution in [0.25, 0.3) is 22.6 Å². The van der Waals surface area contributed by atoms with Crippen LogP contribution in [0.3, 0.4) is 0 Å². The molecule has 0 bridgehead atoms. The van der Waals surface area contributed by atoms with Gasteiger partial charge in [-0.25, -0.2) is 9.37 Å². The number of halogens is 2. The minimum absolute atomic E-state index is 0.283. The fourth-order valence-electron chi connectivity index (χ4n) is 1.87. The summed E-state index contributed by atoms with van der Waals surface area (Å²) >= 11 is 3.35. The number of oxazole rings is 1. The van der Waals surface area contributed by atoms with E-state index in [9.17, 15) is 4.39 Å². The largest absolute Gasteiger partial charge is 0.434 e. The maximum absolute atomic E-state index is 13.6. The predicted octanol–water partition coefficient (Wildman–Crippen LogP) is 4.29. The van der Waals surface area contributed by atoms with E-state index in [0.29, 0.717) is 33.8 Å². The van der Waals surface area contributed by atoms with Gasteiger partial charge < -0.3 is 10.2 Å². The summed E-state index contributed by atoms with van der Waals surface area (Å²) in [7, 11) is 0. The standard InChI is InChI=1S/C14H10BrFN2O/c1-7-2-3-8(4-10(7)16)14-18-12-6-9(15)5-11(17)13(12)19-14/h2-6H,17H2,1H3. The van der Waals surface area contributed by atoms with Crippen molar-refractivity contribution >= 4 is 32.7 Å². The molecule has 3 rings (SSSR count). The molecule has 0 aliphatic carbocycles. The van der Waals surface area contributed by atoms with E-state index in [4.69, 9.17) is 10.2 Å². The van der Waals surface area contributed by atoms with Crippen molar-refractivity contribution in [2.24, 2.45) is 0 Å². The van der Waals surface area contributed by atoms with Gasteiger partial charge in [-0.15, -0.1) is 0 Å². The normalized spacial score (nSPS) is 11.1. The van der Waals surface area contributed by atoms with Gasteiger partial charge >= 0.3 is 0 Å². The molecule has 0 aliphatic rings. The number of hydrogen-bond donors (Lipinski definition) is 1. The van der Waals surface area contributed by atoms with Crippen LogP contribution in [0.1, 0.15) is 5.56 Å². The summed E-state index contributed by atoms with van der Waals surface area (Å²) < 4.78 is 20.0. The lowest BCUT2D eigenvalue weighted by atomic mass is 10.1. The van der Waals surface area contributed by atoms with Crippen molar-refractivity contribution in [2.75, 3.05) is 5.73 Å². The number of rotatable bonds is 1. The molecule has 0 atom stereocenters. The summed E-state index contributed by atoms with van der Waals surface area (Å²) in [6.07, 6.45) is 0. The lowest BCUT2D eigenvalue weighted by molar-refractivity contribution is 0.607. The highest BCUT2D eigenvalue weighted by molar-refractivity contribution is 9.10. The Morgan fingerprint density at radius 2 is 2.05 bits per heavy atom. The number of hydrogen-bond acceptors (Lipinski definition) is 3. The van der Waals surface area contributed by atoms with Crippen molar-refractivity contribution in [3.05, 3.63) is 46.2 Å². The molecule has 0 aliphatic heterocycles. The maximum Gasteiger partial charge on any atom is 0.227 e. The van der Waals surface area contributed by atoms with Crippen LogP contribution in [0.2, 0.25) is 0 Å². The number of nitrogens with zero attached hydrogens (tertiary/aromatic N) is 1. The van der Waals surface area contributed by atoms with Gasteiger partial charge in [0.25, 0.3) is 0 Å². The number of anilines is 1. The Morgan fingerprint density at radius 3 is 2.79 bits per heavy atom. The van der Waals surface area contributed by atoms with Gasteiger partial charge in [-0.05, 0) is 36.8 Å². The molecule has 2 aromatic carbocycles. The zero-order chi connectivity index (χ0) is 13.6. The molecule has 0 saturated carbocycles. The summed E-state index contributed by atoms with van der Waals surface area (Å²) in [5.74, 6) is 0.0765. The third-order valence-corrected chi connectivity index (χ3v) is 3.36. The highest BCUT2D eigenvalue weighted by Gasteiger charge is 2.12. The Kier molecular flexibility index (Phi) is 2.78. The van der Waals surface area contributed by atoms with Gasteiger partial charge in [-0.1, -0.05) is 22.0 Å². The molecule has 2 N–H and O–H groups in total. The number of nitrogens with two attached hydrogens (primary N) is 1. The Bertz CT molecular complexity index is 782. The number of aromatic nitrogens is 1. The molecule has 0 unspecified atom stereocenters. The minimum atomic E-state index is -0.283. The van der Waals surface area contributed by atoms with Gasteiger partial charge in [0.2, 0.25) is 5.89 Å². The Labute approximate surface area is 117 Å². The Morgan fingerprint density at radius 1 is 1.26 bits per heavy atom. The number of nitrogen functional groups attached to an aromatic ring is 1. The zero-order valence-electron chi connectivity index (χ0n) is 10.1. The summed E-state index contributed by atoms with van der Waals surface area (Å²) in [4.78, 5) is 4.33. The molecule has 1 heterocycles. The Balaban J connectivity index is 2.20. The number of fused-ring (bicyclic) bond motifs is 1. The quantitative estimate of drug-likeness (QED) is 0.680. The fourth-order valence-corrected chi connectivity index (χ4v) is 2.34. The van der Waals surface area contributed by atoms with E-state index in [1.54, 1.807) is 25.1 Å². The average Bonchev–Trinajstić information content (AvgIpc) is 2.76. The molecule has 5 heteroatoms. The lowest BCUT2D eigenvalue weighted by Gasteiger charge is -1.98. The average molecular weight is 321 g/mol. The minimum Gasteiger partial charge on any atom is -0.434 e. The van der Waals surface area contributed by atoms with Crippen molar-refractivity contribution in [2.45, 2.75) is 6.92 Å². The summed E-state index contributed by atoms with van der Waals surface area (Å²) in [5, 5.41) is 0. The van der Waals surface area contributed by atoms with E-state index in [-0.39, 0.29) is 5.82 Å². The van der Waals surface area contributed by atoms with Gasteiger partial charge in [-0.2, -0.15) is 0 Å². The van der Waals surface area contributed by atoms with E-state index < -0.39 is 0 Å². The van der Waals surface area contributed by atoms with E-state index in [2.05, 4.69) is 20.9 Å². The first kappa shape index (κ1) is 12.2. The second-order valence-electron chi connectivity index (χ2n) is 4.33. The van der Waals surface area contributed by atoms with Crippen LogP contribution in [-0.2, 0) is 0 Å². The van der Waals surface area contributed by atoms with E-state index in [1.807, 2.05) is 6.07 Å². The second-order valence-corrected chi connectivity index (χ2v) is 5.24. The zero-order valence-corrected chi connectivity index (χ0v) is 11.7. The van der Waals surface area contributed by atoms with Crippen LogP contribution in [0, 0.1) is 12.7 Å².